The molecule has 0 radical (unpaired) electrons. The Labute approximate surface area is 83.3 Å². The molecule has 0 heterocycles. The Hall–Kier alpha value is -0.448. The van der Waals surface area contributed by atoms with Crippen LogP contribution in [0.2, 0.25) is 0 Å². The van der Waals surface area contributed by atoms with Gasteiger partial charge in [0, 0.05) is 11.9 Å². The Kier molecular flexibility index (Phi) is 42.1. The Morgan fingerprint density at radius 1 is 1.00 bits per heavy atom. The van der Waals surface area contributed by atoms with Crippen LogP contribution in [0.4, 0.5) is 0 Å². The molecule has 0 unspecified atom stereocenters. The maximum atomic E-state index is 8.89. The molecule has 7 nitrogen and oxygen atoms in total. The third kappa shape index (κ3) is 3480. The van der Waals surface area contributed by atoms with E-state index in [9.17, 15) is 0 Å². The van der Waals surface area contributed by atoms with E-state index in [0.29, 0.717) is 0 Å². The quantitative estimate of drug-likeness (QED) is 0.407. The van der Waals surface area contributed by atoms with E-state index in [1.807, 2.05) is 0 Å². The molecule has 0 spiro atoms. The Bertz CT molecular complexity index is 127. The van der Waals surface area contributed by atoms with Gasteiger partial charge in [-0.15, -0.1) is 0 Å². The van der Waals surface area contributed by atoms with E-state index >= 15 is 0 Å². The molecule has 0 fully saturated rings. The summed E-state index contributed by atoms with van der Waals surface area (Å²) in [4.78, 5) is 17.8. The number of carbonyl (C=O) groups is 2. The van der Waals surface area contributed by atoms with Crippen molar-refractivity contribution in [2.24, 2.45) is 0 Å². The zero-order chi connectivity index (χ0) is 9.86. The van der Waals surface area contributed by atoms with E-state index in [1.54, 1.807) is 0 Å². The van der Waals surface area contributed by atoms with Crippen LogP contribution in [-0.4, -0.2) is 17.4 Å². The molecule has 12 heavy (non-hydrogen) atoms. The molecule has 0 saturated heterocycles. The van der Waals surface area contributed by atoms with Gasteiger partial charge in [-0.3, -0.25) is 0 Å². The molecule has 0 aliphatic carbocycles. The molecule has 0 aromatic rings. The summed E-state index contributed by atoms with van der Waals surface area (Å²) in [7, 11) is 0. The van der Waals surface area contributed by atoms with Crippen molar-refractivity contribution >= 4 is 11.9 Å². The third-order valence-corrected chi connectivity index (χ3v) is 0. The predicted molar refractivity (Wildman–Crippen MR) is 26.3 cm³/mol. The molecule has 0 aromatic carbocycles. The molecule has 0 atom stereocenters. The monoisotopic (exact) mass is 406 g/mol. The molecule has 2 N–H and O–H groups in total. The van der Waals surface area contributed by atoms with Crippen molar-refractivity contribution < 1.29 is 57.6 Å². The number of carboxylic acids is 2. The minimum absolute atomic E-state index is 0. The van der Waals surface area contributed by atoms with Gasteiger partial charge in [-0.25, -0.2) is 0 Å². The number of aliphatic carboxylic acids is 2. The van der Waals surface area contributed by atoms with Crippen LogP contribution in [0.5, 0.6) is 0 Å². The SMILES string of the molecule is CC(=O)[O-].CC(=O)[O-].O.[O]=[U+2]=[O]. The molecule has 0 amide bonds. The standard InChI is InChI=1S/2C2H4O2.H2O.2O.U/c2*1-2(3)4;;;;/h2*1H3,(H,3,4);1H2;;;/q;;;;;+2/p-2. The molecule has 0 bridgehead atoms. The van der Waals surface area contributed by atoms with Crippen LogP contribution in [-0.2, 0) is 14.1 Å². The first-order chi connectivity index (χ1) is 4.88. The summed E-state index contributed by atoms with van der Waals surface area (Å²) in [6, 6.07) is 0. The minimum atomic E-state index is -2.51. The Morgan fingerprint density at radius 2 is 1.00 bits per heavy atom. The first-order valence-electron chi connectivity index (χ1n) is 2.22. The molecular weight excluding hydrogens is 398 g/mol. The van der Waals surface area contributed by atoms with Crippen molar-refractivity contribution in [3.8, 4) is 0 Å². The Balaban J connectivity index is -0.0000000389. The molecule has 0 rings (SSSR count). The van der Waals surface area contributed by atoms with Crippen LogP contribution in [0.1, 0.15) is 13.8 Å². The second-order valence-corrected chi connectivity index (χ2v) is 1.76. The summed E-state index contributed by atoms with van der Waals surface area (Å²) < 4.78 is 17.2. The van der Waals surface area contributed by atoms with E-state index in [1.165, 1.54) is 0 Å². The van der Waals surface area contributed by atoms with Crippen molar-refractivity contribution in [3.63, 3.8) is 0 Å². The van der Waals surface area contributed by atoms with Crippen LogP contribution in [0, 0.1) is 27.8 Å². The number of hydrogen-bond acceptors (Lipinski definition) is 6. The van der Waals surface area contributed by atoms with E-state index in [-0.39, 0.29) is 5.48 Å². The fourth-order valence-corrected chi connectivity index (χ4v) is 0. The normalized spacial score (nSPS) is 4.83. The van der Waals surface area contributed by atoms with Gasteiger partial charge in [-0.2, -0.15) is 0 Å². The molecule has 0 aliphatic heterocycles. The van der Waals surface area contributed by atoms with Crippen molar-refractivity contribution in [2.45, 2.75) is 13.8 Å². The molecule has 0 aliphatic rings. The predicted octanol–water partition coefficient (Wildman–Crippen LogP) is -3.55. The van der Waals surface area contributed by atoms with E-state index in [4.69, 9.17) is 24.3 Å². The van der Waals surface area contributed by atoms with Gasteiger partial charge in [0.2, 0.25) is 0 Å². The first kappa shape index (κ1) is 22.6. The van der Waals surface area contributed by atoms with Gasteiger partial charge in [-0.1, -0.05) is 0 Å². The number of hydrogen-bond donors (Lipinski definition) is 0. The second-order valence-electron chi connectivity index (χ2n) is 1.07. The van der Waals surface area contributed by atoms with Gasteiger partial charge in [0.25, 0.3) is 0 Å². The zero-order valence-corrected chi connectivity index (χ0v) is 10.6. The zero-order valence-electron chi connectivity index (χ0n) is 6.45. The number of carboxylic acid groups (broad SMARTS) is 2. The molecular formula is C4H8O7U. The summed E-state index contributed by atoms with van der Waals surface area (Å²) in [5.74, 6) is -2.17. The summed E-state index contributed by atoms with van der Waals surface area (Å²) in [5.41, 5.74) is 0. The summed E-state index contributed by atoms with van der Waals surface area (Å²) in [6.45, 7) is 1.94. The Morgan fingerprint density at radius 3 is 1.00 bits per heavy atom. The van der Waals surface area contributed by atoms with E-state index in [2.05, 4.69) is 0 Å². The summed E-state index contributed by atoms with van der Waals surface area (Å²) in [6.07, 6.45) is 0. The van der Waals surface area contributed by atoms with Crippen LogP contribution < -0.4 is 10.2 Å². The van der Waals surface area contributed by atoms with Crippen LogP contribution >= 0.6 is 0 Å². The topological polar surface area (TPSA) is 146 Å². The van der Waals surface area contributed by atoms with Gasteiger partial charge in [-0.05, 0) is 13.8 Å². The van der Waals surface area contributed by atoms with Gasteiger partial charge < -0.3 is 25.3 Å². The van der Waals surface area contributed by atoms with Gasteiger partial charge in [0.15, 0.2) is 0 Å². The van der Waals surface area contributed by atoms with Crippen LogP contribution in [0.15, 0.2) is 0 Å². The van der Waals surface area contributed by atoms with Gasteiger partial charge >= 0.3 is 32.3 Å². The first-order valence-corrected chi connectivity index (χ1v) is 5.62. The number of carbonyl (C=O) groups excluding carboxylic acids is 2. The van der Waals surface area contributed by atoms with Crippen LogP contribution in [0.3, 0.4) is 0 Å². The van der Waals surface area contributed by atoms with E-state index < -0.39 is 39.8 Å². The van der Waals surface area contributed by atoms with Crippen molar-refractivity contribution in [3.05, 3.63) is 0 Å². The van der Waals surface area contributed by atoms with Crippen molar-refractivity contribution in [1.29, 1.82) is 0 Å². The van der Waals surface area contributed by atoms with Crippen molar-refractivity contribution in [2.75, 3.05) is 0 Å². The summed E-state index contributed by atoms with van der Waals surface area (Å²) in [5, 5.41) is 17.8. The second kappa shape index (κ2) is 22.4. The molecule has 70 valence electrons. The molecule has 8 heteroatoms. The average Bonchev–Trinajstić information content (AvgIpc) is 1.60. The van der Waals surface area contributed by atoms with Gasteiger partial charge in [0.05, 0.1) is 0 Å². The van der Waals surface area contributed by atoms with Crippen LogP contribution in [0.25, 0.3) is 0 Å². The molecule has 0 saturated carbocycles. The molecule has 0 aromatic heterocycles. The maximum absolute atomic E-state index is 8.89. The number of rotatable bonds is 0. The fourth-order valence-electron chi connectivity index (χ4n) is 0. The van der Waals surface area contributed by atoms with E-state index in [0.717, 1.165) is 13.8 Å². The third-order valence-electron chi connectivity index (χ3n) is 0. The summed E-state index contributed by atoms with van der Waals surface area (Å²) >= 11 is -2.51. The average molecular weight is 406 g/mol. The fraction of sp³-hybridized carbons (Fsp3) is 0.500. The van der Waals surface area contributed by atoms with Gasteiger partial charge in [0.1, 0.15) is 0 Å². The van der Waals surface area contributed by atoms with Crippen molar-refractivity contribution in [1.82, 2.24) is 0 Å².